The number of aliphatic carboxylic acids is 1. The zero-order valence-electron chi connectivity index (χ0n) is 19.1. The van der Waals surface area contributed by atoms with E-state index in [1.807, 2.05) is 26.2 Å². The minimum Gasteiger partial charge on any atom is -0.481 e. The first-order valence-corrected chi connectivity index (χ1v) is 11.6. The van der Waals surface area contributed by atoms with E-state index in [4.69, 9.17) is 5.11 Å². The van der Waals surface area contributed by atoms with Crippen LogP contribution in [0.4, 0.5) is 15.5 Å². The number of aromatic nitrogens is 3. The van der Waals surface area contributed by atoms with Crippen LogP contribution in [0, 0.1) is 12.7 Å². The fourth-order valence-electron chi connectivity index (χ4n) is 3.33. The molecule has 180 valence electrons. The summed E-state index contributed by atoms with van der Waals surface area (Å²) in [5, 5.41) is 34.6. The van der Waals surface area contributed by atoms with Crippen LogP contribution in [0.1, 0.15) is 49.6 Å². The van der Waals surface area contributed by atoms with Crippen LogP contribution in [0.2, 0.25) is 0 Å². The van der Waals surface area contributed by atoms with Crippen LogP contribution in [-0.4, -0.2) is 48.4 Å². The summed E-state index contributed by atoms with van der Waals surface area (Å²) < 4.78 is 13.6. The van der Waals surface area contributed by atoms with Gasteiger partial charge in [0.05, 0.1) is 35.7 Å². The third-order valence-electron chi connectivity index (χ3n) is 4.89. The molecule has 2 heterocycles. The first kappa shape index (κ1) is 25.4. The molecule has 0 unspecified atom stereocenters. The van der Waals surface area contributed by atoms with Gasteiger partial charge in [-0.2, -0.15) is 0 Å². The molecule has 34 heavy (non-hydrogen) atoms. The van der Waals surface area contributed by atoms with Crippen molar-refractivity contribution < 1.29 is 24.5 Å². The van der Waals surface area contributed by atoms with E-state index in [0.29, 0.717) is 33.6 Å². The van der Waals surface area contributed by atoms with E-state index in [1.165, 1.54) is 29.5 Å². The van der Waals surface area contributed by atoms with Gasteiger partial charge in [0.15, 0.2) is 5.13 Å². The number of aliphatic hydroxyl groups is 2. The maximum atomic E-state index is 13.6. The van der Waals surface area contributed by atoms with E-state index in [0.717, 1.165) is 5.69 Å². The van der Waals surface area contributed by atoms with E-state index in [-0.39, 0.29) is 18.2 Å². The van der Waals surface area contributed by atoms with Crippen LogP contribution in [0.5, 0.6) is 0 Å². The van der Waals surface area contributed by atoms with Gasteiger partial charge in [-0.3, -0.25) is 4.79 Å². The number of aliphatic hydroxyl groups excluding tert-OH is 2. The summed E-state index contributed by atoms with van der Waals surface area (Å²) in [5.74, 6) is -1.20. The van der Waals surface area contributed by atoms with Gasteiger partial charge in [-0.25, -0.2) is 19.3 Å². The van der Waals surface area contributed by atoms with Crippen molar-refractivity contribution in [2.24, 2.45) is 0 Å². The summed E-state index contributed by atoms with van der Waals surface area (Å²) >= 11 is 1.43. The van der Waals surface area contributed by atoms with E-state index in [1.54, 1.807) is 18.2 Å². The van der Waals surface area contributed by atoms with Gasteiger partial charge in [-0.05, 0) is 37.1 Å². The first-order valence-electron chi connectivity index (χ1n) is 10.8. The molecule has 3 aromatic rings. The fraction of sp³-hybridized carbons (Fsp3) is 0.333. The van der Waals surface area contributed by atoms with Gasteiger partial charge in [0, 0.05) is 22.9 Å². The number of thiazole rings is 1. The van der Waals surface area contributed by atoms with Gasteiger partial charge in [-0.15, -0.1) is 11.3 Å². The second kappa shape index (κ2) is 11.3. The monoisotopic (exact) mass is 486 g/mol. The molecule has 2 atom stereocenters. The van der Waals surface area contributed by atoms with Gasteiger partial charge >= 0.3 is 5.97 Å². The number of aryl methyl sites for hydroxylation is 1. The summed E-state index contributed by atoms with van der Waals surface area (Å²) in [6, 6.07) is 5.91. The van der Waals surface area contributed by atoms with E-state index in [2.05, 4.69) is 20.3 Å². The number of nitrogens with zero attached hydrogens (tertiary/aromatic N) is 3. The standard InChI is InChI=1S/C24H27FN4O4S/c1-13(2)21-19(9-8-17(30)10-18(31)11-20(32)33)22(15-4-6-16(25)7-5-15)28-23(27-21)29-24-26-14(3)12-34-24/h4-9,12-13,17-18,30-31H,10-11H2,1-3H3,(H,32,33)(H,26,27,28,29)/b9-8+/t17-,18-/m1/s1. The third-order valence-corrected chi connectivity index (χ3v) is 5.76. The lowest BCUT2D eigenvalue weighted by Gasteiger charge is -2.17. The van der Waals surface area contributed by atoms with Gasteiger partial charge in [0.1, 0.15) is 5.82 Å². The molecule has 0 saturated carbocycles. The van der Waals surface area contributed by atoms with Crippen molar-refractivity contribution in [1.82, 2.24) is 15.0 Å². The highest BCUT2D eigenvalue weighted by Gasteiger charge is 2.19. The normalized spacial score (nSPS) is 13.4. The quantitative estimate of drug-likeness (QED) is 0.329. The maximum Gasteiger partial charge on any atom is 0.305 e. The lowest BCUT2D eigenvalue weighted by Crippen LogP contribution is -2.19. The highest BCUT2D eigenvalue weighted by Crippen LogP contribution is 2.31. The van der Waals surface area contributed by atoms with Crippen LogP contribution >= 0.6 is 11.3 Å². The van der Waals surface area contributed by atoms with Crippen molar-refractivity contribution in [3.05, 3.63) is 58.5 Å². The fourth-order valence-corrected chi connectivity index (χ4v) is 4.01. The Hall–Kier alpha value is -3.21. The Morgan fingerprint density at radius 2 is 1.88 bits per heavy atom. The number of carbonyl (C=O) groups is 1. The van der Waals surface area contributed by atoms with Gasteiger partial charge in [-0.1, -0.05) is 26.0 Å². The van der Waals surface area contributed by atoms with Crippen molar-refractivity contribution in [3.8, 4) is 11.3 Å². The molecule has 0 aliphatic rings. The molecular formula is C24H27FN4O4S. The zero-order valence-corrected chi connectivity index (χ0v) is 19.9. The number of hydrogen-bond acceptors (Lipinski definition) is 8. The van der Waals surface area contributed by atoms with Crippen molar-refractivity contribution in [2.45, 2.75) is 51.7 Å². The molecule has 8 nitrogen and oxygen atoms in total. The molecule has 0 radical (unpaired) electrons. The molecule has 0 bridgehead atoms. The lowest BCUT2D eigenvalue weighted by atomic mass is 9.97. The molecule has 2 aromatic heterocycles. The number of benzene rings is 1. The van der Waals surface area contributed by atoms with Crippen LogP contribution in [0.25, 0.3) is 17.3 Å². The minimum atomic E-state index is -1.18. The molecule has 1 aromatic carbocycles. The lowest BCUT2D eigenvalue weighted by molar-refractivity contribution is -0.139. The molecule has 0 amide bonds. The number of rotatable bonds is 10. The van der Waals surface area contributed by atoms with Crippen LogP contribution < -0.4 is 5.32 Å². The maximum absolute atomic E-state index is 13.6. The zero-order chi connectivity index (χ0) is 24.8. The average molecular weight is 487 g/mol. The summed E-state index contributed by atoms with van der Waals surface area (Å²) in [6.45, 7) is 5.83. The first-order chi connectivity index (χ1) is 16.1. The van der Waals surface area contributed by atoms with Crippen molar-refractivity contribution in [2.75, 3.05) is 5.32 Å². The van der Waals surface area contributed by atoms with Gasteiger partial charge < -0.3 is 20.6 Å². The predicted molar refractivity (Wildman–Crippen MR) is 130 cm³/mol. The predicted octanol–water partition coefficient (Wildman–Crippen LogP) is 4.51. The van der Waals surface area contributed by atoms with Gasteiger partial charge in [0.25, 0.3) is 0 Å². The highest BCUT2D eigenvalue weighted by atomic mass is 32.1. The topological polar surface area (TPSA) is 128 Å². The molecular weight excluding hydrogens is 459 g/mol. The molecule has 0 aliphatic heterocycles. The second-order valence-corrected chi connectivity index (χ2v) is 9.05. The van der Waals surface area contributed by atoms with Crippen LogP contribution in [0.3, 0.4) is 0 Å². The van der Waals surface area contributed by atoms with Crippen molar-refractivity contribution >= 4 is 34.5 Å². The van der Waals surface area contributed by atoms with Crippen molar-refractivity contribution in [3.63, 3.8) is 0 Å². The Balaban J connectivity index is 2.03. The number of nitrogens with one attached hydrogen (secondary N) is 1. The average Bonchev–Trinajstić information content (AvgIpc) is 3.16. The van der Waals surface area contributed by atoms with Crippen molar-refractivity contribution in [1.29, 1.82) is 0 Å². The minimum absolute atomic E-state index is 0.0184. The summed E-state index contributed by atoms with van der Waals surface area (Å²) in [6.07, 6.45) is 0.288. The largest absolute Gasteiger partial charge is 0.481 e. The number of anilines is 2. The number of halogens is 1. The Morgan fingerprint density at radius 3 is 2.47 bits per heavy atom. The number of carboxylic acid groups (broad SMARTS) is 1. The van der Waals surface area contributed by atoms with E-state index in [9.17, 15) is 19.4 Å². The molecule has 4 N–H and O–H groups in total. The Morgan fingerprint density at radius 1 is 1.18 bits per heavy atom. The highest BCUT2D eigenvalue weighted by molar-refractivity contribution is 7.13. The third kappa shape index (κ3) is 6.89. The Labute approximate surface area is 200 Å². The molecule has 10 heteroatoms. The van der Waals surface area contributed by atoms with E-state index >= 15 is 0 Å². The molecule has 0 fully saturated rings. The summed E-state index contributed by atoms with van der Waals surface area (Å²) in [5.41, 5.74) is 3.39. The number of hydrogen-bond donors (Lipinski definition) is 4. The Bertz CT molecular complexity index is 1160. The SMILES string of the molecule is Cc1csc(Nc2nc(-c3ccc(F)cc3)c(/C=C/[C@@H](O)C[C@@H](O)CC(=O)O)c(C(C)C)n2)n1. The summed E-state index contributed by atoms with van der Waals surface area (Å²) in [7, 11) is 0. The summed E-state index contributed by atoms with van der Waals surface area (Å²) in [4.78, 5) is 24.5. The smallest absolute Gasteiger partial charge is 0.305 e. The second-order valence-electron chi connectivity index (χ2n) is 8.19. The molecule has 0 spiro atoms. The molecule has 0 saturated heterocycles. The molecule has 0 aliphatic carbocycles. The molecule has 3 rings (SSSR count). The van der Waals surface area contributed by atoms with Gasteiger partial charge in [0.2, 0.25) is 5.95 Å². The number of carboxylic acids is 1. The van der Waals surface area contributed by atoms with Crippen LogP contribution in [0.15, 0.2) is 35.7 Å². The Kier molecular flexibility index (Phi) is 8.43. The van der Waals surface area contributed by atoms with Crippen LogP contribution in [-0.2, 0) is 4.79 Å². The van der Waals surface area contributed by atoms with E-state index < -0.39 is 24.6 Å².